The molecule has 0 aliphatic carbocycles. The Kier molecular flexibility index (Phi) is 8.27. The quantitative estimate of drug-likeness (QED) is 0.478. The Morgan fingerprint density at radius 1 is 1.50 bits per heavy atom. The van der Waals surface area contributed by atoms with Gasteiger partial charge in [0.05, 0.1) is 13.2 Å². The Balaban J connectivity index is 3.40. The molecule has 0 aromatic heterocycles. The van der Waals surface area contributed by atoms with Crippen LogP contribution in [0.25, 0.3) is 0 Å². The van der Waals surface area contributed by atoms with Crippen molar-refractivity contribution in [2.24, 2.45) is 0 Å². The summed E-state index contributed by atoms with van der Waals surface area (Å²) in [5.74, 6) is 0. The van der Waals surface area contributed by atoms with Crippen molar-refractivity contribution < 1.29 is 19.4 Å². The summed E-state index contributed by atoms with van der Waals surface area (Å²) in [4.78, 5) is 11.0. The van der Waals surface area contributed by atoms with Crippen LogP contribution in [0.15, 0.2) is 0 Å². The van der Waals surface area contributed by atoms with Crippen molar-refractivity contribution in [1.82, 2.24) is 5.32 Å². The first-order chi connectivity index (χ1) is 6.70. The second kappa shape index (κ2) is 8.77. The molecular weight excluding hydrogens is 186 g/mol. The lowest BCUT2D eigenvalue weighted by Crippen LogP contribution is -2.35. The summed E-state index contributed by atoms with van der Waals surface area (Å²) >= 11 is 0. The molecule has 0 aromatic rings. The van der Waals surface area contributed by atoms with E-state index < -0.39 is 12.3 Å². The molecule has 1 unspecified atom stereocenters. The van der Waals surface area contributed by atoms with Crippen LogP contribution in [-0.4, -0.2) is 37.8 Å². The second-order valence-electron chi connectivity index (χ2n) is 2.93. The van der Waals surface area contributed by atoms with Crippen molar-refractivity contribution >= 4 is 6.09 Å². The number of hydrogen-bond donors (Lipinski definition) is 2. The van der Waals surface area contributed by atoms with Gasteiger partial charge in [-0.1, -0.05) is 13.3 Å². The van der Waals surface area contributed by atoms with E-state index in [1.165, 1.54) is 7.11 Å². The van der Waals surface area contributed by atoms with Gasteiger partial charge in [-0.25, -0.2) is 4.79 Å². The van der Waals surface area contributed by atoms with E-state index in [0.717, 1.165) is 12.8 Å². The molecule has 2 N–H and O–H groups in total. The van der Waals surface area contributed by atoms with E-state index in [9.17, 15) is 9.90 Å². The van der Waals surface area contributed by atoms with Gasteiger partial charge >= 0.3 is 6.09 Å². The highest BCUT2D eigenvalue weighted by atomic mass is 16.6. The average Bonchev–Trinajstić information content (AvgIpc) is 2.15. The number of alkyl carbamates (subject to hydrolysis) is 1. The summed E-state index contributed by atoms with van der Waals surface area (Å²) in [5.41, 5.74) is 0. The number of nitrogens with one attached hydrogen (secondary N) is 1. The van der Waals surface area contributed by atoms with Crippen LogP contribution in [0.1, 0.15) is 26.2 Å². The highest BCUT2D eigenvalue weighted by Crippen LogP contribution is 1.91. The Morgan fingerprint density at radius 3 is 2.79 bits per heavy atom. The van der Waals surface area contributed by atoms with E-state index in [1.54, 1.807) is 0 Å². The van der Waals surface area contributed by atoms with E-state index >= 15 is 0 Å². The van der Waals surface area contributed by atoms with Crippen LogP contribution in [0.4, 0.5) is 4.79 Å². The van der Waals surface area contributed by atoms with Gasteiger partial charge in [0.1, 0.15) is 6.23 Å². The fourth-order valence-electron chi connectivity index (χ4n) is 0.789. The van der Waals surface area contributed by atoms with Crippen molar-refractivity contribution in [3.05, 3.63) is 0 Å². The number of hydrogen-bond acceptors (Lipinski definition) is 4. The standard InChI is InChI=1S/C9H19NO4/c1-3-4-6-14-9(12)10-8(11)5-7-13-2/h8,11H,3-7H2,1-2H3,(H,10,12). The summed E-state index contributed by atoms with van der Waals surface area (Å²) in [6.07, 6.45) is 0.687. The third kappa shape index (κ3) is 7.82. The molecule has 0 bridgehead atoms. The lowest BCUT2D eigenvalue weighted by Gasteiger charge is -2.12. The summed E-state index contributed by atoms with van der Waals surface area (Å²) in [6, 6.07) is 0. The fourth-order valence-corrected chi connectivity index (χ4v) is 0.789. The van der Waals surface area contributed by atoms with Gasteiger partial charge in [0.2, 0.25) is 0 Å². The Hall–Kier alpha value is -0.810. The largest absolute Gasteiger partial charge is 0.450 e. The molecule has 1 amide bonds. The van der Waals surface area contributed by atoms with Gasteiger partial charge in [-0.05, 0) is 6.42 Å². The van der Waals surface area contributed by atoms with Crippen LogP contribution in [0.3, 0.4) is 0 Å². The van der Waals surface area contributed by atoms with Crippen molar-refractivity contribution in [3.8, 4) is 0 Å². The number of amides is 1. The zero-order valence-corrected chi connectivity index (χ0v) is 8.78. The summed E-state index contributed by atoms with van der Waals surface area (Å²) in [7, 11) is 1.53. The number of carbonyl (C=O) groups is 1. The number of aliphatic hydroxyl groups is 1. The molecule has 0 aliphatic rings. The molecule has 84 valence electrons. The molecule has 0 spiro atoms. The number of methoxy groups -OCH3 is 1. The maximum atomic E-state index is 11.0. The minimum absolute atomic E-state index is 0.360. The summed E-state index contributed by atoms with van der Waals surface area (Å²) in [5, 5.41) is 11.5. The van der Waals surface area contributed by atoms with Gasteiger partial charge in [0.25, 0.3) is 0 Å². The Morgan fingerprint density at radius 2 is 2.21 bits per heavy atom. The fraction of sp³-hybridized carbons (Fsp3) is 0.889. The number of unbranched alkanes of at least 4 members (excludes halogenated alkanes) is 1. The zero-order chi connectivity index (χ0) is 10.8. The first kappa shape index (κ1) is 13.2. The number of carbonyl (C=O) groups excluding carboxylic acids is 1. The van der Waals surface area contributed by atoms with Gasteiger partial charge in [0, 0.05) is 13.5 Å². The molecule has 5 heteroatoms. The van der Waals surface area contributed by atoms with Gasteiger partial charge in [-0.3, -0.25) is 5.32 Å². The minimum atomic E-state index is -0.899. The first-order valence-corrected chi connectivity index (χ1v) is 4.81. The predicted molar refractivity (Wildman–Crippen MR) is 51.9 cm³/mol. The SMILES string of the molecule is CCCCOC(=O)NC(O)CCOC. The molecule has 0 aromatic carbocycles. The van der Waals surface area contributed by atoms with Crippen molar-refractivity contribution in [2.75, 3.05) is 20.3 Å². The minimum Gasteiger partial charge on any atom is -0.450 e. The number of aliphatic hydroxyl groups excluding tert-OH is 1. The molecule has 0 heterocycles. The van der Waals surface area contributed by atoms with Crippen LogP contribution in [0.2, 0.25) is 0 Å². The van der Waals surface area contributed by atoms with Crippen LogP contribution < -0.4 is 5.32 Å². The van der Waals surface area contributed by atoms with E-state index in [4.69, 9.17) is 9.47 Å². The molecule has 0 radical (unpaired) electrons. The van der Waals surface area contributed by atoms with Crippen LogP contribution in [-0.2, 0) is 9.47 Å². The van der Waals surface area contributed by atoms with Crippen LogP contribution in [0.5, 0.6) is 0 Å². The molecular formula is C9H19NO4. The van der Waals surface area contributed by atoms with Gasteiger partial charge in [-0.2, -0.15) is 0 Å². The molecule has 0 rings (SSSR count). The van der Waals surface area contributed by atoms with Gasteiger partial charge in [-0.15, -0.1) is 0 Å². The van der Waals surface area contributed by atoms with Crippen LogP contribution in [0, 0.1) is 0 Å². The molecule has 0 aliphatic heterocycles. The molecule has 14 heavy (non-hydrogen) atoms. The predicted octanol–water partition coefficient (Wildman–Crippen LogP) is 0.868. The monoisotopic (exact) mass is 205 g/mol. The number of ether oxygens (including phenoxy) is 2. The van der Waals surface area contributed by atoms with E-state index in [0.29, 0.717) is 19.6 Å². The lowest BCUT2D eigenvalue weighted by atomic mass is 10.4. The van der Waals surface area contributed by atoms with E-state index in [2.05, 4.69) is 5.32 Å². The third-order valence-electron chi connectivity index (χ3n) is 1.61. The topological polar surface area (TPSA) is 67.8 Å². The van der Waals surface area contributed by atoms with Gasteiger partial charge < -0.3 is 14.6 Å². The molecule has 0 fully saturated rings. The van der Waals surface area contributed by atoms with Crippen LogP contribution >= 0.6 is 0 Å². The van der Waals surface area contributed by atoms with E-state index in [1.807, 2.05) is 6.92 Å². The average molecular weight is 205 g/mol. The smallest absolute Gasteiger partial charge is 0.409 e. The lowest BCUT2D eigenvalue weighted by molar-refractivity contribution is 0.0722. The molecule has 1 atom stereocenters. The van der Waals surface area contributed by atoms with Crippen molar-refractivity contribution in [1.29, 1.82) is 0 Å². The second-order valence-corrected chi connectivity index (χ2v) is 2.93. The van der Waals surface area contributed by atoms with Crippen molar-refractivity contribution in [3.63, 3.8) is 0 Å². The van der Waals surface area contributed by atoms with E-state index in [-0.39, 0.29) is 0 Å². The normalized spacial score (nSPS) is 12.2. The Labute approximate surface area is 84.4 Å². The maximum absolute atomic E-state index is 11.0. The number of rotatable bonds is 7. The third-order valence-corrected chi connectivity index (χ3v) is 1.61. The summed E-state index contributed by atoms with van der Waals surface area (Å²) < 4.78 is 9.52. The highest BCUT2D eigenvalue weighted by molar-refractivity contribution is 5.67. The zero-order valence-electron chi connectivity index (χ0n) is 8.78. The van der Waals surface area contributed by atoms with Crippen molar-refractivity contribution in [2.45, 2.75) is 32.4 Å². The summed E-state index contributed by atoms with van der Waals surface area (Å²) in [6.45, 7) is 2.80. The van der Waals surface area contributed by atoms with Gasteiger partial charge in [0.15, 0.2) is 0 Å². The molecule has 0 saturated carbocycles. The molecule has 0 saturated heterocycles. The molecule has 5 nitrogen and oxygen atoms in total. The highest BCUT2D eigenvalue weighted by Gasteiger charge is 2.08. The Bertz CT molecular complexity index is 152. The first-order valence-electron chi connectivity index (χ1n) is 4.81. The maximum Gasteiger partial charge on any atom is 0.409 e.